The summed E-state index contributed by atoms with van der Waals surface area (Å²) >= 11 is 0. The number of nitrogens with zero attached hydrogens (tertiary/aromatic N) is 1. The molecular weight excluding hydrogens is 258 g/mol. The number of Topliss-reactive ketones (excluding diaryl/α,β-unsaturated/α-hetero) is 1. The van der Waals surface area contributed by atoms with Gasteiger partial charge in [-0.1, -0.05) is 29.8 Å². The topological polar surface area (TPSA) is 30.0 Å². The molecule has 0 saturated heterocycles. The van der Waals surface area contributed by atoms with Crippen molar-refractivity contribution in [2.75, 3.05) is 0 Å². The number of pyridine rings is 1. The molecule has 0 radical (unpaired) electrons. The van der Waals surface area contributed by atoms with Gasteiger partial charge in [-0.3, -0.25) is 9.78 Å². The number of carbonyl (C=O) groups excluding carboxylic acids is 1. The molecule has 1 aromatic heterocycles. The van der Waals surface area contributed by atoms with Crippen molar-refractivity contribution in [3.8, 4) is 0 Å². The molecule has 0 bridgehead atoms. The maximum absolute atomic E-state index is 12.5. The monoisotopic (exact) mass is 275 g/mol. The summed E-state index contributed by atoms with van der Waals surface area (Å²) in [5.74, 6) is 0.148. The zero-order valence-corrected chi connectivity index (χ0v) is 12.3. The van der Waals surface area contributed by atoms with Crippen molar-refractivity contribution in [1.29, 1.82) is 0 Å². The predicted molar refractivity (Wildman–Crippen MR) is 85.7 cm³/mol. The highest BCUT2D eigenvalue weighted by Gasteiger charge is 2.10. The molecule has 21 heavy (non-hydrogen) atoms. The number of ketones is 1. The molecule has 1 heterocycles. The van der Waals surface area contributed by atoms with Crippen LogP contribution >= 0.6 is 0 Å². The number of hydrogen-bond donors (Lipinski definition) is 0. The Balaban J connectivity index is 1.91. The van der Waals surface area contributed by atoms with Gasteiger partial charge in [0.25, 0.3) is 0 Å². The van der Waals surface area contributed by atoms with Crippen LogP contribution in [0, 0.1) is 13.8 Å². The van der Waals surface area contributed by atoms with Gasteiger partial charge in [-0.2, -0.15) is 0 Å². The second kappa shape index (κ2) is 5.49. The number of hydrogen-bond acceptors (Lipinski definition) is 2. The minimum atomic E-state index is 0.148. The van der Waals surface area contributed by atoms with Crippen molar-refractivity contribution < 1.29 is 4.79 Å². The highest BCUT2D eigenvalue weighted by molar-refractivity contribution is 6.00. The van der Waals surface area contributed by atoms with Gasteiger partial charge in [-0.15, -0.1) is 0 Å². The van der Waals surface area contributed by atoms with E-state index in [0.717, 1.165) is 27.6 Å². The van der Waals surface area contributed by atoms with Gasteiger partial charge in [0.05, 0.1) is 5.52 Å². The lowest BCUT2D eigenvalue weighted by molar-refractivity contribution is 0.0993. The van der Waals surface area contributed by atoms with E-state index in [1.165, 1.54) is 5.56 Å². The van der Waals surface area contributed by atoms with Gasteiger partial charge in [-0.25, -0.2) is 0 Å². The first-order valence-corrected chi connectivity index (χ1v) is 7.07. The molecule has 0 N–H and O–H groups in total. The molecule has 0 aliphatic rings. The fraction of sp³-hybridized carbons (Fsp3) is 0.158. The van der Waals surface area contributed by atoms with E-state index in [1.807, 2.05) is 37.3 Å². The van der Waals surface area contributed by atoms with Crippen LogP contribution in [0.4, 0.5) is 0 Å². The van der Waals surface area contributed by atoms with Crippen LogP contribution in [-0.2, 0) is 6.42 Å². The smallest absolute Gasteiger partial charge is 0.167 e. The normalized spacial score (nSPS) is 10.8. The predicted octanol–water partition coefficient (Wildman–Crippen LogP) is 4.28. The van der Waals surface area contributed by atoms with Crippen LogP contribution in [0.2, 0.25) is 0 Å². The maximum Gasteiger partial charge on any atom is 0.167 e. The molecule has 104 valence electrons. The van der Waals surface area contributed by atoms with Crippen molar-refractivity contribution >= 4 is 16.7 Å². The van der Waals surface area contributed by atoms with Crippen molar-refractivity contribution in [2.45, 2.75) is 20.3 Å². The van der Waals surface area contributed by atoms with Crippen LogP contribution in [0.5, 0.6) is 0 Å². The zero-order chi connectivity index (χ0) is 14.8. The fourth-order valence-electron chi connectivity index (χ4n) is 2.51. The summed E-state index contributed by atoms with van der Waals surface area (Å²) < 4.78 is 0. The number of benzene rings is 2. The van der Waals surface area contributed by atoms with Crippen molar-refractivity contribution in [2.24, 2.45) is 0 Å². The highest BCUT2D eigenvalue weighted by Crippen LogP contribution is 2.17. The van der Waals surface area contributed by atoms with Gasteiger partial charge < -0.3 is 0 Å². The number of fused-ring (bicyclic) bond motifs is 1. The third-order valence-electron chi connectivity index (χ3n) is 3.78. The molecule has 2 aromatic carbocycles. The molecule has 2 nitrogen and oxygen atoms in total. The Morgan fingerprint density at radius 2 is 1.90 bits per heavy atom. The average molecular weight is 275 g/mol. The standard InChI is InChI=1S/C19H17NO/c1-13-5-6-14(2)17(10-13)12-19(21)16-7-8-18-15(11-16)4-3-9-20-18/h3-11H,12H2,1-2H3. The molecule has 0 spiro atoms. The lowest BCUT2D eigenvalue weighted by Crippen LogP contribution is -2.05. The summed E-state index contributed by atoms with van der Waals surface area (Å²) in [6.07, 6.45) is 2.21. The van der Waals surface area contributed by atoms with Gasteiger partial charge in [0, 0.05) is 23.6 Å². The first-order chi connectivity index (χ1) is 10.1. The van der Waals surface area contributed by atoms with Gasteiger partial charge in [0.2, 0.25) is 0 Å². The molecule has 0 saturated carbocycles. The summed E-state index contributed by atoms with van der Waals surface area (Å²) in [7, 11) is 0. The Morgan fingerprint density at radius 1 is 1.05 bits per heavy atom. The molecule has 3 rings (SSSR count). The van der Waals surface area contributed by atoms with E-state index in [-0.39, 0.29) is 5.78 Å². The molecule has 0 unspecified atom stereocenters. The number of aryl methyl sites for hydroxylation is 2. The van der Waals surface area contributed by atoms with Gasteiger partial charge in [-0.05, 0) is 49.2 Å². The van der Waals surface area contributed by atoms with E-state index in [9.17, 15) is 4.79 Å². The van der Waals surface area contributed by atoms with E-state index in [2.05, 4.69) is 30.1 Å². The summed E-state index contributed by atoms with van der Waals surface area (Å²) in [5, 5.41) is 1.00. The highest BCUT2D eigenvalue weighted by atomic mass is 16.1. The number of aromatic nitrogens is 1. The Kier molecular flexibility index (Phi) is 3.53. The van der Waals surface area contributed by atoms with Crippen LogP contribution in [0.15, 0.2) is 54.7 Å². The quantitative estimate of drug-likeness (QED) is 0.668. The SMILES string of the molecule is Cc1ccc(C)c(CC(=O)c2ccc3ncccc3c2)c1. The molecule has 0 aliphatic carbocycles. The lowest BCUT2D eigenvalue weighted by Gasteiger charge is -2.07. The summed E-state index contributed by atoms with van der Waals surface area (Å²) in [4.78, 5) is 16.8. The van der Waals surface area contributed by atoms with Gasteiger partial charge in [0.1, 0.15) is 0 Å². The molecule has 0 atom stereocenters. The molecule has 2 heteroatoms. The van der Waals surface area contributed by atoms with Crippen molar-refractivity contribution in [3.05, 3.63) is 77.0 Å². The first kappa shape index (κ1) is 13.5. The number of carbonyl (C=O) groups is 1. The first-order valence-electron chi connectivity index (χ1n) is 7.07. The van der Waals surface area contributed by atoms with Crippen LogP contribution < -0.4 is 0 Å². The molecule has 0 aliphatic heterocycles. The Morgan fingerprint density at radius 3 is 2.76 bits per heavy atom. The van der Waals surface area contributed by atoms with E-state index in [1.54, 1.807) is 6.20 Å². The van der Waals surface area contributed by atoms with Gasteiger partial charge in [0.15, 0.2) is 5.78 Å². The van der Waals surface area contributed by atoms with E-state index in [0.29, 0.717) is 6.42 Å². The summed E-state index contributed by atoms with van der Waals surface area (Å²) in [5.41, 5.74) is 5.12. The molecule has 0 fully saturated rings. The largest absolute Gasteiger partial charge is 0.294 e. The van der Waals surface area contributed by atoms with E-state index >= 15 is 0 Å². The summed E-state index contributed by atoms with van der Waals surface area (Å²) in [6.45, 7) is 4.10. The van der Waals surface area contributed by atoms with Crippen LogP contribution in [0.25, 0.3) is 10.9 Å². The lowest BCUT2D eigenvalue weighted by atomic mass is 9.97. The van der Waals surface area contributed by atoms with E-state index in [4.69, 9.17) is 0 Å². The van der Waals surface area contributed by atoms with Crippen molar-refractivity contribution in [1.82, 2.24) is 4.98 Å². The third-order valence-corrected chi connectivity index (χ3v) is 3.78. The second-order valence-corrected chi connectivity index (χ2v) is 5.44. The second-order valence-electron chi connectivity index (χ2n) is 5.44. The molecule has 3 aromatic rings. The summed E-state index contributed by atoms with van der Waals surface area (Å²) in [6, 6.07) is 15.8. The third kappa shape index (κ3) is 2.84. The Hall–Kier alpha value is -2.48. The van der Waals surface area contributed by atoms with Gasteiger partial charge >= 0.3 is 0 Å². The van der Waals surface area contributed by atoms with Crippen LogP contribution in [-0.4, -0.2) is 10.8 Å². The maximum atomic E-state index is 12.5. The Bertz CT molecular complexity index is 821. The number of rotatable bonds is 3. The Labute approximate surface area is 124 Å². The fourth-order valence-corrected chi connectivity index (χ4v) is 2.51. The van der Waals surface area contributed by atoms with Crippen LogP contribution in [0.1, 0.15) is 27.0 Å². The minimum Gasteiger partial charge on any atom is -0.294 e. The van der Waals surface area contributed by atoms with Crippen molar-refractivity contribution in [3.63, 3.8) is 0 Å². The zero-order valence-electron chi connectivity index (χ0n) is 12.3. The minimum absolute atomic E-state index is 0.148. The molecular formula is C19H17NO. The van der Waals surface area contributed by atoms with E-state index < -0.39 is 0 Å². The average Bonchev–Trinajstić information content (AvgIpc) is 2.50. The van der Waals surface area contributed by atoms with Crippen LogP contribution in [0.3, 0.4) is 0 Å². The molecule has 0 amide bonds.